The van der Waals surface area contributed by atoms with Gasteiger partial charge >= 0.3 is 0 Å². The minimum Gasteiger partial charge on any atom is -0.204 e. The second-order valence-corrected chi connectivity index (χ2v) is 3.81. The monoisotopic (exact) mass is 184 g/mol. The third kappa shape index (κ3) is 2.51. The van der Waals surface area contributed by atoms with E-state index in [-0.39, 0.29) is 0 Å². The van der Waals surface area contributed by atoms with Gasteiger partial charge in [0, 0.05) is 0 Å². The van der Waals surface area contributed by atoms with Crippen molar-refractivity contribution in [2.75, 3.05) is 0 Å². The van der Waals surface area contributed by atoms with Crippen LogP contribution < -0.4 is 0 Å². The Hall–Kier alpha value is -0.920. The lowest BCUT2D eigenvalue weighted by Crippen LogP contribution is -1.98. The maximum atomic E-state index is 12.9. The van der Waals surface area contributed by atoms with Crippen LogP contribution in [0.5, 0.6) is 0 Å². The van der Waals surface area contributed by atoms with Crippen molar-refractivity contribution >= 4 is 0 Å². The predicted octanol–water partition coefficient (Wildman–Crippen LogP) is 3.47. The Morgan fingerprint density at radius 3 is 2.31 bits per heavy atom. The summed E-state index contributed by atoms with van der Waals surface area (Å²) < 4.78 is 25.8. The van der Waals surface area contributed by atoms with Crippen LogP contribution in [0.3, 0.4) is 0 Å². The van der Waals surface area contributed by atoms with Gasteiger partial charge in [0.25, 0.3) is 0 Å². The van der Waals surface area contributed by atoms with Gasteiger partial charge in [-0.25, -0.2) is 8.78 Å². The SMILES string of the molecule is Cc1cc(CC(C)C)cc(F)c1F. The van der Waals surface area contributed by atoms with E-state index >= 15 is 0 Å². The first-order chi connectivity index (χ1) is 6.00. The van der Waals surface area contributed by atoms with Gasteiger partial charge in [-0.1, -0.05) is 19.9 Å². The van der Waals surface area contributed by atoms with E-state index in [0.717, 1.165) is 12.0 Å². The van der Waals surface area contributed by atoms with Crippen LogP contribution in [0, 0.1) is 24.5 Å². The first kappa shape index (κ1) is 10.2. The Morgan fingerprint density at radius 2 is 1.85 bits per heavy atom. The van der Waals surface area contributed by atoms with E-state index in [1.54, 1.807) is 13.0 Å². The summed E-state index contributed by atoms with van der Waals surface area (Å²) in [7, 11) is 0. The summed E-state index contributed by atoms with van der Waals surface area (Å²) in [5.41, 5.74) is 1.25. The fourth-order valence-corrected chi connectivity index (χ4v) is 1.39. The van der Waals surface area contributed by atoms with Gasteiger partial charge in [-0.15, -0.1) is 0 Å². The van der Waals surface area contributed by atoms with Crippen molar-refractivity contribution < 1.29 is 8.78 Å². The third-order valence-corrected chi connectivity index (χ3v) is 1.91. The van der Waals surface area contributed by atoms with Gasteiger partial charge in [-0.2, -0.15) is 0 Å². The zero-order chi connectivity index (χ0) is 10.0. The molecule has 1 aromatic carbocycles. The normalized spacial score (nSPS) is 10.9. The molecular weight excluding hydrogens is 170 g/mol. The molecule has 0 aromatic heterocycles. The lowest BCUT2D eigenvalue weighted by molar-refractivity contribution is 0.499. The van der Waals surface area contributed by atoms with Crippen LogP contribution in [-0.2, 0) is 6.42 Å². The molecule has 0 amide bonds. The van der Waals surface area contributed by atoms with Crippen molar-refractivity contribution in [3.8, 4) is 0 Å². The van der Waals surface area contributed by atoms with Gasteiger partial charge in [-0.05, 0) is 36.5 Å². The smallest absolute Gasteiger partial charge is 0.161 e. The molecule has 0 aliphatic carbocycles. The molecule has 72 valence electrons. The Morgan fingerprint density at radius 1 is 1.23 bits per heavy atom. The van der Waals surface area contributed by atoms with Gasteiger partial charge in [0.05, 0.1) is 0 Å². The van der Waals surface area contributed by atoms with Crippen LogP contribution in [0.25, 0.3) is 0 Å². The number of hydrogen-bond donors (Lipinski definition) is 0. The minimum absolute atomic E-state index is 0.385. The first-order valence-electron chi connectivity index (χ1n) is 4.45. The van der Waals surface area contributed by atoms with E-state index < -0.39 is 11.6 Å². The standard InChI is InChI=1S/C11H14F2/c1-7(2)4-9-5-8(3)11(13)10(12)6-9/h5-7H,4H2,1-3H3. The largest absolute Gasteiger partial charge is 0.204 e. The van der Waals surface area contributed by atoms with E-state index in [9.17, 15) is 8.78 Å². The van der Waals surface area contributed by atoms with Crippen LogP contribution in [-0.4, -0.2) is 0 Å². The molecule has 0 radical (unpaired) electrons. The van der Waals surface area contributed by atoms with Crippen molar-refractivity contribution in [1.82, 2.24) is 0 Å². The summed E-state index contributed by atoms with van der Waals surface area (Å²) in [5, 5.41) is 0. The molecule has 0 unspecified atom stereocenters. The highest BCUT2D eigenvalue weighted by atomic mass is 19.2. The highest BCUT2D eigenvalue weighted by Crippen LogP contribution is 2.16. The van der Waals surface area contributed by atoms with E-state index in [0.29, 0.717) is 11.5 Å². The molecule has 0 saturated heterocycles. The lowest BCUT2D eigenvalue weighted by Gasteiger charge is -2.07. The van der Waals surface area contributed by atoms with E-state index in [4.69, 9.17) is 0 Å². The average Bonchev–Trinajstić information content (AvgIpc) is 1.98. The fraction of sp³-hybridized carbons (Fsp3) is 0.455. The van der Waals surface area contributed by atoms with Gasteiger partial charge in [0.2, 0.25) is 0 Å². The Labute approximate surface area is 77.6 Å². The fourth-order valence-electron chi connectivity index (χ4n) is 1.39. The third-order valence-electron chi connectivity index (χ3n) is 1.91. The van der Waals surface area contributed by atoms with E-state index in [2.05, 4.69) is 13.8 Å². The molecule has 2 heteroatoms. The van der Waals surface area contributed by atoms with Crippen molar-refractivity contribution in [2.24, 2.45) is 5.92 Å². The zero-order valence-corrected chi connectivity index (χ0v) is 8.20. The molecule has 0 spiro atoms. The minimum atomic E-state index is -0.740. The molecule has 13 heavy (non-hydrogen) atoms. The Kier molecular flexibility index (Phi) is 3.02. The molecule has 0 aliphatic rings. The van der Waals surface area contributed by atoms with E-state index in [1.165, 1.54) is 6.07 Å². The quantitative estimate of drug-likeness (QED) is 0.660. The number of rotatable bonds is 2. The summed E-state index contributed by atoms with van der Waals surface area (Å²) in [6, 6.07) is 2.99. The predicted molar refractivity (Wildman–Crippen MR) is 49.6 cm³/mol. The second kappa shape index (κ2) is 3.86. The van der Waals surface area contributed by atoms with Crippen LogP contribution in [0.15, 0.2) is 12.1 Å². The van der Waals surface area contributed by atoms with Gasteiger partial charge < -0.3 is 0 Å². The summed E-state index contributed by atoms with van der Waals surface area (Å²) in [6.45, 7) is 5.69. The number of aryl methyl sites for hydroxylation is 1. The van der Waals surface area contributed by atoms with Gasteiger partial charge in [0.1, 0.15) is 0 Å². The first-order valence-corrected chi connectivity index (χ1v) is 4.45. The van der Waals surface area contributed by atoms with Crippen molar-refractivity contribution in [2.45, 2.75) is 27.2 Å². The lowest BCUT2D eigenvalue weighted by atomic mass is 10.0. The summed E-state index contributed by atoms with van der Waals surface area (Å²) in [5.74, 6) is -1.01. The van der Waals surface area contributed by atoms with Crippen LogP contribution >= 0.6 is 0 Å². The number of hydrogen-bond acceptors (Lipinski definition) is 0. The van der Waals surface area contributed by atoms with Crippen molar-refractivity contribution in [3.63, 3.8) is 0 Å². The molecule has 0 aliphatic heterocycles. The molecule has 0 N–H and O–H groups in total. The summed E-state index contributed by atoms with van der Waals surface area (Å²) >= 11 is 0. The van der Waals surface area contributed by atoms with Crippen LogP contribution in [0.2, 0.25) is 0 Å². The molecule has 0 nitrogen and oxygen atoms in total. The molecular formula is C11H14F2. The van der Waals surface area contributed by atoms with Crippen molar-refractivity contribution in [1.29, 1.82) is 0 Å². The Bertz CT molecular complexity index is 280. The molecule has 0 saturated carbocycles. The van der Waals surface area contributed by atoms with Crippen molar-refractivity contribution in [3.05, 3.63) is 34.9 Å². The second-order valence-electron chi connectivity index (χ2n) is 3.81. The molecule has 0 atom stereocenters. The summed E-state index contributed by atoms with van der Waals surface area (Å²) in [6.07, 6.45) is 0.790. The molecule has 0 heterocycles. The van der Waals surface area contributed by atoms with Crippen LogP contribution in [0.4, 0.5) is 8.78 Å². The number of benzene rings is 1. The molecule has 0 fully saturated rings. The number of halogens is 2. The molecule has 1 rings (SSSR count). The van der Waals surface area contributed by atoms with Gasteiger partial charge in [0.15, 0.2) is 11.6 Å². The molecule has 0 bridgehead atoms. The molecule has 1 aromatic rings. The topological polar surface area (TPSA) is 0 Å². The highest BCUT2D eigenvalue weighted by molar-refractivity contribution is 5.25. The van der Waals surface area contributed by atoms with E-state index in [1.807, 2.05) is 0 Å². The summed E-state index contributed by atoms with van der Waals surface area (Å²) in [4.78, 5) is 0. The maximum absolute atomic E-state index is 12.9. The van der Waals surface area contributed by atoms with Crippen LogP contribution in [0.1, 0.15) is 25.0 Å². The maximum Gasteiger partial charge on any atom is 0.161 e. The average molecular weight is 184 g/mol. The zero-order valence-electron chi connectivity index (χ0n) is 8.20. The Balaban J connectivity index is 2.99. The van der Waals surface area contributed by atoms with Gasteiger partial charge in [-0.3, -0.25) is 0 Å². The highest BCUT2D eigenvalue weighted by Gasteiger charge is 2.07.